The molecule has 1 aromatic carbocycles. The van der Waals surface area contributed by atoms with Crippen LogP contribution in [0.15, 0.2) is 29.3 Å². The second kappa shape index (κ2) is 3.85. The molecule has 5 heteroatoms. The Morgan fingerprint density at radius 3 is 2.71 bits per heavy atom. The second-order valence-electron chi connectivity index (χ2n) is 4.43. The molecule has 2 atom stereocenters. The maximum absolute atomic E-state index is 11.2. The number of benzene rings is 1. The van der Waals surface area contributed by atoms with Gasteiger partial charge in [0.25, 0.3) is 0 Å². The SMILES string of the molecule is C[C@]1(O)CC(c2ccccc2O)=N[C@@H]1C(N)=O. The summed E-state index contributed by atoms with van der Waals surface area (Å²) in [6, 6.07) is 5.71. The zero-order valence-corrected chi connectivity index (χ0v) is 9.42. The number of phenolic OH excluding ortho intramolecular Hbond substituents is 1. The predicted molar refractivity (Wildman–Crippen MR) is 62.9 cm³/mol. The van der Waals surface area contributed by atoms with Gasteiger partial charge in [0.05, 0.1) is 5.60 Å². The number of phenols is 1. The Hall–Kier alpha value is -1.88. The number of nitrogens with two attached hydrogens (primary N) is 1. The number of hydrogen-bond acceptors (Lipinski definition) is 4. The Morgan fingerprint density at radius 2 is 2.18 bits per heavy atom. The normalized spacial score (nSPS) is 27.9. The Bertz CT molecular complexity index is 494. The van der Waals surface area contributed by atoms with E-state index in [0.29, 0.717) is 11.3 Å². The van der Waals surface area contributed by atoms with Gasteiger partial charge in [-0.05, 0) is 19.1 Å². The van der Waals surface area contributed by atoms with Crippen molar-refractivity contribution in [3.05, 3.63) is 29.8 Å². The van der Waals surface area contributed by atoms with Crippen LogP contribution in [-0.2, 0) is 4.79 Å². The molecule has 17 heavy (non-hydrogen) atoms. The fourth-order valence-corrected chi connectivity index (χ4v) is 2.03. The van der Waals surface area contributed by atoms with Crippen molar-refractivity contribution in [1.29, 1.82) is 0 Å². The first-order valence-corrected chi connectivity index (χ1v) is 5.28. The van der Waals surface area contributed by atoms with E-state index in [2.05, 4.69) is 4.99 Å². The smallest absolute Gasteiger partial charge is 0.245 e. The minimum absolute atomic E-state index is 0.0761. The molecule has 1 amide bonds. The van der Waals surface area contributed by atoms with E-state index in [1.54, 1.807) is 18.2 Å². The Labute approximate surface area is 98.6 Å². The minimum Gasteiger partial charge on any atom is -0.507 e. The summed E-state index contributed by atoms with van der Waals surface area (Å²) in [5.41, 5.74) is 4.92. The number of aliphatic imine (C=N–C) groups is 1. The number of para-hydroxylation sites is 1. The zero-order valence-electron chi connectivity index (χ0n) is 9.42. The number of hydrogen-bond donors (Lipinski definition) is 3. The first-order chi connectivity index (χ1) is 7.92. The molecule has 1 aliphatic heterocycles. The van der Waals surface area contributed by atoms with Crippen LogP contribution in [0.2, 0.25) is 0 Å². The lowest BCUT2D eigenvalue weighted by Gasteiger charge is -2.20. The highest BCUT2D eigenvalue weighted by molar-refractivity contribution is 6.07. The summed E-state index contributed by atoms with van der Waals surface area (Å²) in [5.74, 6) is -0.590. The van der Waals surface area contributed by atoms with Gasteiger partial charge in [0, 0.05) is 17.7 Å². The van der Waals surface area contributed by atoms with Gasteiger partial charge in [-0.25, -0.2) is 0 Å². The number of carbonyl (C=O) groups is 1. The molecule has 0 radical (unpaired) electrons. The van der Waals surface area contributed by atoms with Gasteiger partial charge < -0.3 is 15.9 Å². The molecule has 0 spiro atoms. The summed E-state index contributed by atoms with van der Waals surface area (Å²) in [6.45, 7) is 1.51. The summed E-state index contributed by atoms with van der Waals surface area (Å²) in [7, 11) is 0. The van der Waals surface area contributed by atoms with E-state index in [0.717, 1.165) is 0 Å². The molecule has 0 saturated heterocycles. The number of aliphatic hydroxyl groups is 1. The van der Waals surface area contributed by atoms with Crippen molar-refractivity contribution in [2.24, 2.45) is 10.7 Å². The molecular formula is C12H14N2O3. The van der Waals surface area contributed by atoms with Crippen molar-refractivity contribution in [2.45, 2.75) is 25.0 Å². The largest absolute Gasteiger partial charge is 0.507 e. The molecule has 0 bridgehead atoms. The summed E-state index contributed by atoms with van der Waals surface area (Å²) < 4.78 is 0. The highest BCUT2D eigenvalue weighted by Crippen LogP contribution is 2.31. The van der Waals surface area contributed by atoms with Crippen LogP contribution in [0.25, 0.3) is 0 Å². The van der Waals surface area contributed by atoms with Crippen LogP contribution in [0, 0.1) is 0 Å². The molecule has 5 nitrogen and oxygen atoms in total. The lowest BCUT2D eigenvalue weighted by molar-refractivity contribution is -0.123. The van der Waals surface area contributed by atoms with Crippen molar-refractivity contribution in [1.82, 2.24) is 0 Å². The molecular weight excluding hydrogens is 220 g/mol. The average molecular weight is 234 g/mol. The standard InChI is InChI=1S/C12H14N2O3/c1-12(17)6-8(14-10(12)11(13)16)7-4-2-3-5-9(7)15/h2-5,10,15,17H,6H2,1H3,(H2,13,16)/t10-,12+/m1/s1. The number of aromatic hydroxyl groups is 1. The zero-order chi connectivity index (χ0) is 12.6. The third kappa shape index (κ3) is 2.01. The van der Waals surface area contributed by atoms with E-state index in [1.165, 1.54) is 13.0 Å². The topological polar surface area (TPSA) is 95.9 Å². The molecule has 0 unspecified atom stereocenters. The van der Waals surface area contributed by atoms with Crippen LogP contribution >= 0.6 is 0 Å². The highest BCUT2D eigenvalue weighted by Gasteiger charge is 2.42. The Kier molecular flexibility index (Phi) is 2.63. The van der Waals surface area contributed by atoms with E-state index in [9.17, 15) is 15.0 Å². The van der Waals surface area contributed by atoms with Gasteiger partial charge in [0.15, 0.2) is 6.04 Å². The number of primary amides is 1. The number of rotatable bonds is 2. The molecule has 0 saturated carbocycles. The Balaban J connectivity index is 2.40. The second-order valence-corrected chi connectivity index (χ2v) is 4.43. The molecule has 1 aromatic rings. The monoisotopic (exact) mass is 234 g/mol. The molecule has 0 aromatic heterocycles. The van der Waals surface area contributed by atoms with Crippen LogP contribution in [0.3, 0.4) is 0 Å². The van der Waals surface area contributed by atoms with E-state index >= 15 is 0 Å². The van der Waals surface area contributed by atoms with Crippen LogP contribution in [0.1, 0.15) is 18.9 Å². The third-order valence-electron chi connectivity index (χ3n) is 2.88. The maximum atomic E-state index is 11.2. The van der Waals surface area contributed by atoms with Gasteiger partial charge in [-0.2, -0.15) is 0 Å². The molecule has 1 aliphatic rings. The van der Waals surface area contributed by atoms with Gasteiger partial charge in [0.1, 0.15) is 5.75 Å². The summed E-state index contributed by atoms with van der Waals surface area (Å²) >= 11 is 0. The van der Waals surface area contributed by atoms with Gasteiger partial charge >= 0.3 is 0 Å². The maximum Gasteiger partial charge on any atom is 0.245 e. The van der Waals surface area contributed by atoms with E-state index < -0.39 is 17.6 Å². The first-order valence-electron chi connectivity index (χ1n) is 5.28. The van der Waals surface area contributed by atoms with E-state index in [1.807, 2.05) is 0 Å². The van der Waals surface area contributed by atoms with Gasteiger partial charge in [-0.1, -0.05) is 12.1 Å². The Morgan fingerprint density at radius 1 is 1.53 bits per heavy atom. The predicted octanol–water partition coefficient (Wildman–Crippen LogP) is 0.190. The lowest BCUT2D eigenvalue weighted by Crippen LogP contribution is -2.43. The number of nitrogens with zero attached hydrogens (tertiary/aromatic N) is 1. The van der Waals surface area contributed by atoms with Crippen molar-refractivity contribution in [2.75, 3.05) is 0 Å². The summed E-state index contributed by atoms with van der Waals surface area (Å²) in [5, 5.41) is 19.7. The van der Waals surface area contributed by atoms with Crippen LogP contribution in [-0.4, -0.2) is 33.5 Å². The van der Waals surface area contributed by atoms with Gasteiger partial charge in [-0.3, -0.25) is 9.79 Å². The van der Waals surface area contributed by atoms with Crippen LogP contribution in [0.4, 0.5) is 0 Å². The third-order valence-corrected chi connectivity index (χ3v) is 2.88. The van der Waals surface area contributed by atoms with E-state index in [4.69, 9.17) is 5.73 Å². The molecule has 0 aliphatic carbocycles. The molecule has 0 fully saturated rings. The molecule has 90 valence electrons. The minimum atomic E-state index is -1.29. The number of carbonyl (C=O) groups excluding carboxylic acids is 1. The van der Waals surface area contributed by atoms with Crippen molar-refractivity contribution in [3.8, 4) is 5.75 Å². The molecule has 4 N–H and O–H groups in total. The van der Waals surface area contributed by atoms with E-state index in [-0.39, 0.29) is 12.2 Å². The quantitative estimate of drug-likeness (QED) is 0.681. The van der Waals surface area contributed by atoms with Gasteiger partial charge in [0.2, 0.25) is 5.91 Å². The fraction of sp³-hybridized carbons (Fsp3) is 0.333. The highest BCUT2D eigenvalue weighted by atomic mass is 16.3. The lowest BCUT2D eigenvalue weighted by atomic mass is 9.92. The van der Waals surface area contributed by atoms with Crippen molar-refractivity contribution >= 4 is 11.6 Å². The van der Waals surface area contributed by atoms with Crippen molar-refractivity contribution in [3.63, 3.8) is 0 Å². The summed E-state index contributed by atoms with van der Waals surface area (Å²) in [6.07, 6.45) is 0.193. The molecule has 2 rings (SSSR count). The molecule has 1 heterocycles. The number of amides is 1. The average Bonchev–Trinajstić information content (AvgIpc) is 2.55. The van der Waals surface area contributed by atoms with Gasteiger partial charge in [-0.15, -0.1) is 0 Å². The first kappa shape index (κ1) is 11.6. The summed E-state index contributed by atoms with van der Waals surface area (Å²) in [4.78, 5) is 15.3. The van der Waals surface area contributed by atoms with Crippen LogP contribution in [0.5, 0.6) is 5.75 Å². The fourth-order valence-electron chi connectivity index (χ4n) is 2.03. The van der Waals surface area contributed by atoms with Crippen LogP contribution < -0.4 is 5.73 Å². The van der Waals surface area contributed by atoms with Crippen molar-refractivity contribution < 1.29 is 15.0 Å².